The molecule has 3 N–H and O–H groups in total. The Morgan fingerprint density at radius 3 is 3.00 bits per heavy atom. The zero-order valence-electron chi connectivity index (χ0n) is 9.89. The predicted molar refractivity (Wildman–Crippen MR) is 66.0 cm³/mol. The summed E-state index contributed by atoms with van der Waals surface area (Å²) >= 11 is 0. The summed E-state index contributed by atoms with van der Waals surface area (Å²) in [5, 5.41) is 3.62. The molecule has 3 unspecified atom stereocenters. The predicted octanol–water partition coefficient (Wildman–Crippen LogP) is 2.00. The van der Waals surface area contributed by atoms with Crippen molar-refractivity contribution in [2.75, 3.05) is 0 Å². The van der Waals surface area contributed by atoms with E-state index in [1.54, 1.807) is 0 Å². The molecule has 0 spiro atoms. The second kappa shape index (κ2) is 5.41. The minimum Gasteiger partial charge on any atom is -0.328 e. The van der Waals surface area contributed by atoms with Gasteiger partial charge < -0.3 is 11.1 Å². The van der Waals surface area contributed by atoms with Crippen LogP contribution in [0.4, 0.5) is 0 Å². The van der Waals surface area contributed by atoms with E-state index < -0.39 is 0 Å². The third kappa shape index (κ3) is 3.03. The largest absolute Gasteiger partial charge is 0.328 e. The van der Waals surface area contributed by atoms with E-state index in [2.05, 4.69) is 23.3 Å². The Hall–Kier alpha value is -0.930. The summed E-state index contributed by atoms with van der Waals surface area (Å²) in [6.45, 7) is 2.17. The van der Waals surface area contributed by atoms with Crippen molar-refractivity contribution in [2.45, 2.75) is 50.7 Å². The number of aromatic nitrogens is 1. The number of rotatable bonds is 3. The number of pyridine rings is 1. The van der Waals surface area contributed by atoms with Gasteiger partial charge in [0.15, 0.2) is 0 Å². The Labute approximate surface area is 97.5 Å². The lowest BCUT2D eigenvalue weighted by atomic mass is 9.91. The molecule has 3 atom stereocenters. The normalized spacial score (nSPS) is 27.6. The monoisotopic (exact) mass is 219 g/mol. The van der Waals surface area contributed by atoms with Crippen LogP contribution in [-0.2, 0) is 0 Å². The quantitative estimate of drug-likeness (QED) is 0.817. The van der Waals surface area contributed by atoms with E-state index in [4.69, 9.17) is 5.73 Å². The Bertz CT molecular complexity index is 312. The fraction of sp³-hybridized carbons (Fsp3) is 0.615. The van der Waals surface area contributed by atoms with Crippen molar-refractivity contribution in [2.24, 2.45) is 5.73 Å². The molecule has 1 aromatic heterocycles. The maximum absolute atomic E-state index is 5.98. The lowest BCUT2D eigenvalue weighted by Crippen LogP contribution is -2.40. The molecule has 0 saturated heterocycles. The van der Waals surface area contributed by atoms with Gasteiger partial charge >= 0.3 is 0 Å². The van der Waals surface area contributed by atoms with Gasteiger partial charge in [-0.3, -0.25) is 4.98 Å². The highest BCUT2D eigenvalue weighted by atomic mass is 15.0. The topological polar surface area (TPSA) is 50.9 Å². The first-order valence-corrected chi connectivity index (χ1v) is 6.18. The van der Waals surface area contributed by atoms with Gasteiger partial charge in [-0.15, -0.1) is 0 Å². The van der Waals surface area contributed by atoms with Crippen LogP contribution in [0.25, 0.3) is 0 Å². The van der Waals surface area contributed by atoms with Gasteiger partial charge in [0.1, 0.15) is 0 Å². The molecule has 88 valence electrons. The molecule has 0 aliphatic heterocycles. The van der Waals surface area contributed by atoms with E-state index >= 15 is 0 Å². The van der Waals surface area contributed by atoms with E-state index in [1.165, 1.54) is 19.3 Å². The third-order valence-corrected chi connectivity index (χ3v) is 3.33. The van der Waals surface area contributed by atoms with Crippen LogP contribution in [0.2, 0.25) is 0 Å². The van der Waals surface area contributed by atoms with Crippen molar-refractivity contribution in [3.05, 3.63) is 30.1 Å². The summed E-state index contributed by atoms with van der Waals surface area (Å²) in [5.74, 6) is 0. The fourth-order valence-corrected chi connectivity index (χ4v) is 2.45. The third-order valence-electron chi connectivity index (χ3n) is 3.33. The van der Waals surface area contributed by atoms with Crippen molar-refractivity contribution in [3.63, 3.8) is 0 Å². The molecule has 1 aliphatic carbocycles. The summed E-state index contributed by atoms with van der Waals surface area (Å²) in [6, 6.07) is 7.31. The number of hydrogen-bond acceptors (Lipinski definition) is 3. The van der Waals surface area contributed by atoms with E-state index in [1.807, 2.05) is 18.3 Å². The van der Waals surface area contributed by atoms with Crippen molar-refractivity contribution in [1.82, 2.24) is 10.3 Å². The molecule has 1 fully saturated rings. The van der Waals surface area contributed by atoms with Crippen LogP contribution in [0.15, 0.2) is 24.4 Å². The molecule has 1 heterocycles. The SMILES string of the molecule is CC(NC1CCCC(N)C1)c1ccccn1. The highest BCUT2D eigenvalue weighted by Crippen LogP contribution is 2.20. The summed E-state index contributed by atoms with van der Waals surface area (Å²) < 4.78 is 0. The second-order valence-corrected chi connectivity index (χ2v) is 4.77. The van der Waals surface area contributed by atoms with Crippen LogP contribution >= 0.6 is 0 Å². The first-order chi connectivity index (χ1) is 7.75. The molecule has 0 amide bonds. The number of nitrogens with zero attached hydrogens (tertiary/aromatic N) is 1. The minimum atomic E-state index is 0.316. The zero-order valence-corrected chi connectivity index (χ0v) is 9.89. The van der Waals surface area contributed by atoms with Crippen LogP contribution in [-0.4, -0.2) is 17.1 Å². The van der Waals surface area contributed by atoms with Crippen LogP contribution < -0.4 is 11.1 Å². The van der Waals surface area contributed by atoms with Gasteiger partial charge in [-0.2, -0.15) is 0 Å². The van der Waals surface area contributed by atoms with Gasteiger partial charge in [-0.1, -0.05) is 12.5 Å². The molecule has 0 aromatic carbocycles. The number of hydrogen-bond donors (Lipinski definition) is 2. The van der Waals surface area contributed by atoms with E-state index in [9.17, 15) is 0 Å². The molecule has 0 radical (unpaired) electrons. The molecule has 3 heteroatoms. The molecule has 1 aliphatic rings. The average molecular weight is 219 g/mol. The Morgan fingerprint density at radius 1 is 1.44 bits per heavy atom. The van der Waals surface area contributed by atoms with Crippen LogP contribution in [0.3, 0.4) is 0 Å². The molecule has 2 rings (SSSR count). The van der Waals surface area contributed by atoms with Crippen molar-refractivity contribution in [1.29, 1.82) is 0 Å². The van der Waals surface area contributed by atoms with Crippen LogP contribution in [0.5, 0.6) is 0 Å². The Balaban J connectivity index is 1.89. The maximum Gasteiger partial charge on any atom is 0.0570 e. The number of nitrogens with one attached hydrogen (secondary N) is 1. The standard InChI is InChI=1S/C13H21N3/c1-10(13-7-2-3-8-15-13)16-12-6-4-5-11(14)9-12/h2-3,7-8,10-12,16H,4-6,9,14H2,1H3. The van der Waals surface area contributed by atoms with E-state index in [0.29, 0.717) is 18.1 Å². The summed E-state index contributed by atoms with van der Waals surface area (Å²) in [7, 11) is 0. The first kappa shape index (κ1) is 11.6. The lowest BCUT2D eigenvalue weighted by molar-refractivity contribution is 0.317. The fourth-order valence-electron chi connectivity index (χ4n) is 2.45. The molecule has 0 bridgehead atoms. The molecule has 3 nitrogen and oxygen atoms in total. The van der Waals surface area contributed by atoms with Gasteiger partial charge in [-0.05, 0) is 38.3 Å². The maximum atomic E-state index is 5.98. The van der Waals surface area contributed by atoms with Crippen LogP contribution in [0, 0.1) is 0 Å². The molecule has 1 saturated carbocycles. The summed E-state index contributed by atoms with van der Waals surface area (Å²) in [6.07, 6.45) is 6.60. The van der Waals surface area contributed by atoms with Crippen molar-refractivity contribution < 1.29 is 0 Å². The minimum absolute atomic E-state index is 0.316. The molecular weight excluding hydrogens is 198 g/mol. The Kier molecular flexibility index (Phi) is 3.91. The lowest BCUT2D eigenvalue weighted by Gasteiger charge is -2.29. The van der Waals surface area contributed by atoms with E-state index in [-0.39, 0.29) is 0 Å². The summed E-state index contributed by atoms with van der Waals surface area (Å²) in [4.78, 5) is 4.37. The smallest absolute Gasteiger partial charge is 0.0570 e. The van der Waals surface area contributed by atoms with Crippen molar-refractivity contribution in [3.8, 4) is 0 Å². The molecule has 1 aromatic rings. The van der Waals surface area contributed by atoms with Gasteiger partial charge in [0.25, 0.3) is 0 Å². The Morgan fingerprint density at radius 2 is 2.31 bits per heavy atom. The van der Waals surface area contributed by atoms with Crippen molar-refractivity contribution >= 4 is 0 Å². The van der Waals surface area contributed by atoms with E-state index in [0.717, 1.165) is 12.1 Å². The summed E-state index contributed by atoms with van der Waals surface area (Å²) in [5.41, 5.74) is 7.10. The number of nitrogens with two attached hydrogens (primary N) is 1. The van der Waals surface area contributed by atoms with Gasteiger partial charge in [0.2, 0.25) is 0 Å². The first-order valence-electron chi connectivity index (χ1n) is 6.18. The highest BCUT2D eigenvalue weighted by molar-refractivity contribution is 5.08. The van der Waals surface area contributed by atoms with Gasteiger partial charge in [0.05, 0.1) is 5.69 Å². The average Bonchev–Trinajstić information content (AvgIpc) is 2.30. The van der Waals surface area contributed by atoms with Crippen LogP contribution in [0.1, 0.15) is 44.3 Å². The highest BCUT2D eigenvalue weighted by Gasteiger charge is 2.20. The van der Waals surface area contributed by atoms with Gasteiger partial charge in [-0.25, -0.2) is 0 Å². The molecular formula is C13H21N3. The van der Waals surface area contributed by atoms with Gasteiger partial charge in [0, 0.05) is 24.3 Å². The molecule has 16 heavy (non-hydrogen) atoms. The second-order valence-electron chi connectivity index (χ2n) is 4.77. The zero-order chi connectivity index (χ0) is 11.4.